The number of hydrogen-bond donors (Lipinski definition) is 2. The molecule has 1 atom stereocenters. The van der Waals surface area contributed by atoms with E-state index >= 15 is 0 Å². The number of halogens is 2. The van der Waals surface area contributed by atoms with Crippen molar-refractivity contribution in [2.45, 2.75) is 19.4 Å². The zero-order valence-corrected chi connectivity index (χ0v) is 12.5. The summed E-state index contributed by atoms with van der Waals surface area (Å²) in [4.78, 5) is 0. The van der Waals surface area contributed by atoms with Crippen LogP contribution in [-0.2, 0) is 6.42 Å². The van der Waals surface area contributed by atoms with Gasteiger partial charge in [0.1, 0.15) is 11.6 Å². The first-order valence-electron chi connectivity index (χ1n) is 6.77. The second kappa shape index (κ2) is 7.41. The van der Waals surface area contributed by atoms with E-state index in [1.54, 1.807) is 12.1 Å². The Kier molecular flexibility index (Phi) is 5.56. The topological polar surface area (TPSA) is 47.3 Å². The van der Waals surface area contributed by atoms with Crippen LogP contribution in [-0.4, -0.2) is 6.61 Å². The lowest BCUT2D eigenvalue weighted by molar-refractivity contribution is 0.331. The van der Waals surface area contributed by atoms with Gasteiger partial charge in [-0.15, -0.1) is 0 Å². The molecule has 21 heavy (non-hydrogen) atoms. The molecule has 2 aromatic rings. The van der Waals surface area contributed by atoms with Crippen LogP contribution in [0.2, 0.25) is 5.02 Å². The fourth-order valence-corrected chi connectivity index (χ4v) is 2.42. The van der Waals surface area contributed by atoms with Gasteiger partial charge in [0, 0.05) is 5.56 Å². The van der Waals surface area contributed by atoms with Crippen molar-refractivity contribution in [2.24, 2.45) is 5.84 Å². The summed E-state index contributed by atoms with van der Waals surface area (Å²) < 4.78 is 18.8. The fraction of sp³-hybridized carbons (Fsp3) is 0.250. The summed E-state index contributed by atoms with van der Waals surface area (Å²) in [5.74, 6) is 6.04. The summed E-state index contributed by atoms with van der Waals surface area (Å²) in [6, 6.07) is 12.2. The third-order valence-corrected chi connectivity index (χ3v) is 3.51. The van der Waals surface area contributed by atoms with Gasteiger partial charge < -0.3 is 4.74 Å². The van der Waals surface area contributed by atoms with Gasteiger partial charge >= 0.3 is 0 Å². The maximum absolute atomic E-state index is 13.2. The third-order valence-electron chi connectivity index (χ3n) is 3.22. The number of benzene rings is 2. The maximum atomic E-state index is 13.2. The van der Waals surface area contributed by atoms with Gasteiger partial charge in [-0.3, -0.25) is 11.3 Å². The molecule has 0 aromatic heterocycles. The van der Waals surface area contributed by atoms with Crippen LogP contribution in [0.3, 0.4) is 0 Å². The van der Waals surface area contributed by atoms with E-state index in [9.17, 15) is 4.39 Å². The quantitative estimate of drug-likeness (QED) is 0.633. The molecule has 3 N–H and O–H groups in total. The number of nitrogens with two attached hydrogens (primary N) is 1. The molecule has 0 fully saturated rings. The SMILES string of the molecule is CCOc1ccccc1C(Cc1ccc(F)c(Cl)c1)NN. The molecule has 0 bridgehead atoms. The lowest BCUT2D eigenvalue weighted by Gasteiger charge is -2.20. The summed E-state index contributed by atoms with van der Waals surface area (Å²) in [6.45, 7) is 2.51. The number of para-hydroxylation sites is 1. The predicted octanol–water partition coefficient (Wildman–Crippen LogP) is 3.62. The zero-order chi connectivity index (χ0) is 15.2. The second-order valence-electron chi connectivity index (χ2n) is 4.64. The minimum atomic E-state index is -0.424. The fourth-order valence-electron chi connectivity index (χ4n) is 2.22. The highest BCUT2D eigenvalue weighted by Crippen LogP contribution is 2.28. The highest BCUT2D eigenvalue weighted by atomic mass is 35.5. The summed E-state index contributed by atoms with van der Waals surface area (Å²) in [7, 11) is 0. The molecule has 0 amide bonds. The van der Waals surface area contributed by atoms with Crippen molar-refractivity contribution in [1.29, 1.82) is 0 Å². The molecule has 0 spiro atoms. The lowest BCUT2D eigenvalue weighted by atomic mass is 9.98. The van der Waals surface area contributed by atoms with Crippen LogP contribution in [0.25, 0.3) is 0 Å². The lowest BCUT2D eigenvalue weighted by Crippen LogP contribution is -2.30. The molecule has 3 nitrogen and oxygen atoms in total. The number of hydrazine groups is 1. The van der Waals surface area contributed by atoms with Crippen LogP contribution >= 0.6 is 11.6 Å². The van der Waals surface area contributed by atoms with Crippen molar-refractivity contribution in [3.63, 3.8) is 0 Å². The Morgan fingerprint density at radius 2 is 2.05 bits per heavy atom. The van der Waals surface area contributed by atoms with E-state index in [0.717, 1.165) is 16.9 Å². The van der Waals surface area contributed by atoms with E-state index in [-0.39, 0.29) is 11.1 Å². The molecule has 1 unspecified atom stereocenters. The van der Waals surface area contributed by atoms with Crippen molar-refractivity contribution in [1.82, 2.24) is 5.43 Å². The van der Waals surface area contributed by atoms with E-state index in [4.69, 9.17) is 22.2 Å². The molecule has 0 aliphatic heterocycles. The summed E-state index contributed by atoms with van der Waals surface area (Å²) in [5, 5.41) is 0.112. The predicted molar refractivity (Wildman–Crippen MR) is 82.8 cm³/mol. The van der Waals surface area contributed by atoms with Crippen LogP contribution in [0.15, 0.2) is 42.5 Å². The zero-order valence-electron chi connectivity index (χ0n) is 11.8. The molecule has 0 aliphatic carbocycles. The van der Waals surface area contributed by atoms with Crippen LogP contribution in [0.5, 0.6) is 5.75 Å². The monoisotopic (exact) mass is 308 g/mol. The minimum Gasteiger partial charge on any atom is -0.494 e. The Labute approximate surface area is 128 Å². The number of rotatable bonds is 6. The molecule has 0 aliphatic rings. The Balaban J connectivity index is 2.25. The van der Waals surface area contributed by atoms with Crippen molar-refractivity contribution >= 4 is 11.6 Å². The van der Waals surface area contributed by atoms with Gasteiger partial charge in [0.2, 0.25) is 0 Å². The largest absolute Gasteiger partial charge is 0.494 e. The molecular weight excluding hydrogens is 291 g/mol. The summed E-state index contributed by atoms with van der Waals surface area (Å²) >= 11 is 5.82. The van der Waals surface area contributed by atoms with Crippen LogP contribution < -0.4 is 16.0 Å². The Hall–Kier alpha value is -1.62. The first kappa shape index (κ1) is 15.8. The van der Waals surface area contributed by atoms with Crippen molar-refractivity contribution in [3.8, 4) is 5.75 Å². The Morgan fingerprint density at radius 3 is 2.71 bits per heavy atom. The number of hydrogen-bond acceptors (Lipinski definition) is 3. The molecule has 0 heterocycles. The molecule has 112 valence electrons. The maximum Gasteiger partial charge on any atom is 0.141 e. The minimum absolute atomic E-state index is 0.112. The van der Waals surface area contributed by atoms with E-state index in [0.29, 0.717) is 13.0 Å². The van der Waals surface area contributed by atoms with Crippen LogP contribution in [0.1, 0.15) is 24.1 Å². The van der Waals surface area contributed by atoms with Gasteiger partial charge in [0.15, 0.2) is 0 Å². The summed E-state index contributed by atoms with van der Waals surface area (Å²) in [6.07, 6.45) is 0.584. The Morgan fingerprint density at radius 1 is 1.29 bits per heavy atom. The first-order valence-corrected chi connectivity index (χ1v) is 7.15. The standard InChI is InChI=1S/C16H18ClFN2O/c1-2-21-16-6-4-3-5-12(16)15(20-19)10-11-7-8-14(18)13(17)9-11/h3-9,15,20H,2,10,19H2,1H3. The smallest absolute Gasteiger partial charge is 0.141 e. The van der Waals surface area contributed by atoms with E-state index in [2.05, 4.69) is 5.43 Å². The average molecular weight is 309 g/mol. The van der Waals surface area contributed by atoms with E-state index in [1.165, 1.54) is 6.07 Å². The van der Waals surface area contributed by atoms with Crippen LogP contribution in [0, 0.1) is 5.82 Å². The van der Waals surface area contributed by atoms with Crippen molar-refractivity contribution < 1.29 is 9.13 Å². The van der Waals surface area contributed by atoms with E-state index in [1.807, 2.05) is 31.2 Å². The summed E-state index contributed by atoms with van der Waals surface area (Å²) in [5.41, 5.74) is 4.64. The molecule has 0 saturated heterocycles. The van der Waals surface area contributed by atoms with Crippen LogP contribution in [0.4, 0.5) is 4.39 Å². The number of ether oxygens (including phenoxy) is 1. The second-order valence-corrected chi connectivity index (χ2v) is 5.05. The molecule has 5 heteroatoms. The first-order chi connectivity index (χ1) is 10.2. The molecule has 0 saturated carbocycles. The molecule has 0 radical (unpaired) electrons. The number of nitrogens with one attached hydrogen (secondary N) is 1. The molecule has 2 aromatic carbocycles. The third kappa shape index (κ3) is 3.94. The van der Waals surface area contributed by atoms with Gasteiger partial charge in [0.25, 0.3) is 0 Å². The average Bonchev–Trinajstić information content (AvgIpc) is 2.49. The highest BCUT2D eigenvalue weighted by Gasteiger charge is 2.16. The van der Waals surface area contributed by atoms with Gasteiger partial charge in [-0.1, -0.05) is 35.9 Å². The highest BCUT2D eigenvalue weighted by molar-refractivity contribution is 6.30. The van der Waals surface area contributed by atoms with E-state index < -0.39 is 5.82 Å². The van der Waals surface area contributed by atoms with Gasteiger partial charge in [-0.05, 0) is 37.1 Å². The van der Waals surface area contributed by atoms with Gasteiger partial charge in [-0.2, -0.15) is 0 Å². The van der Waals surface area contributed by atoms with Gasteiger partial charge in [-0.25, -0.2) is 4.39 Å². The Bertz CT molecular complexity index is 607. The normalized spacial score (nSPS) is 12.2. The molecular formula is C16H18ClFN2O. The van der Waals surface area contributed by atoms with Gasteiger partial charge in [0.05, 0.1) is 17.7 Å². The van der Waals surface area contributed by atoms with Crippen molar-refractivity contribution in [2.75, 3.05) is 6.61 Å². The van der Waals surface area contributed by atoms with Crippen molar-refractivity contribution in [3.05, 3.63) is 64.4 Å². The molecule has 2 rings (SSSR count).